The predicted octanol–water partition coefficient (Wildman–Crippen LogP) is 1.02. The van der Waals surface area contributed by atoms with Gasteiger partial charge in [0.15, 0.2) is 5.82 Å². The van der Waals surface area contributed by atoms with Gasteiger partial charge in [0, 0.05) is 18.0 Å². The van der Waals surface area contributed by atoms with Crippen LogP contribution in [0.1, 0.15) is 38.5 Å². The Balaban J connectivity index is 1.96. The minimum Gasteiger partial charge on any atom is -0.314 e. The lowest BCUT2D eigenvalue weighted by Crippen LogP contribution is -2.47. The molecule has 2 rings (SSSR count). The molecule has 19 heavy (non-hydrogen) atoms. The number of nitrogens with one attached hydrogen (secondary N) is 3. The molecular formula is C13H20N4O2. The summed E-state index contributed by atoms with van der Waals surface area (Å²) in [5.74, 6) is 0.308. The molecule has 0 radical (unpaired) electrons. The molecule has 0 aromatic carbocycles. The molecule has 0 saturated heterocycles. The van der Waals surface area contributed by atoms with Crippen molar-refractivity contribution in [2.45, 2.75) is 44.1 Å². The fourth-order valence-electron chi connectivity index (χ4n) is 2.65. The minimum absolute atomic E-state index is 0.0733. The van der Waals surface area contributed by atoms with Crippen molar-refractivity contribution in [2.75, 3.05) is 12.4 Å². The first-order valence-corrected chi connectivity index (χ1v) is 6.68. The van der Waals surface area contributed by atoms with E-state index in [2.05, 4.69) is 20.8 Å². The summed E-state index contributed by atoms with van der Waals surface area (Å²) in [4.78, 5) is 22.9. The Morgan fingerprint density at radius 3 is 2.68 bits per heavy atom. The Hall–Kier alpha value is -1.69. The average molecular weight is 264 g/mol. The Kier molecular flexibility index (Phi) is 4.31. The van der Waals surface area contributed by atoms with Crippen molar-refractivity contribution in [1.82, 2.24) is 15.5 Å². The van der Waals surface area contributed by atoms with Crippen LogP contribution in [0.25, 0.3) is 0 Å². The molecule has 1 aliphatic rings. The fraction of sp³-hybridized carbons (Fsp3) is 0.615. The normalized spacial score (nSPS) is 17.9. The predicted molar refractivity (Wildman–Crippen MR) is 73.0 cm³/mol. The van der Waals surface area contributed by atoms with Gasteiger partial charge in [0.2, 0.25) is 5.91 Å². The molecule has 1 aromatic heterocycles. The van der Waals surface area contributed by atoms with Crippen molar-refractivity contribution in [1.29, 1.82) is 0 Å². The first kappa shape index (κ1) is 13.7. The molecule has 0 atom stereocenters. The van der Waals surface area contributed by atoms with Crippen LogP contribution in [-0.2, 0) is 4.79 Å². The van der Waals surface area contributed by atoms with Gasteiger partial charge < -0.3 is 10.6 Å². The number of aromatic nitrogens is 2. The zero-order chi connectivity index (χ0) is 13.7. The van der Waals surface area contributed by atoms with Gasteiger partial charge in [0.05, 0.1) is 0 Å². The zero-order valence-electron chi connectivity index (χ0n) is 11.2. The first-order chi connectivity index (χ1) is 9.13. The molecule has 0 unspecified atom stereocenters. The van der Waals surface area contributed by atoms with Crippen LogP contribution in [-0.4, -0.2) is 28.7 Å². The van der Waals surface area contributed by atoms with E-state index in [1.54, 1.807) is 0 Å². The summed E-state index contributed by atoms with van der Waals surface area (Å²) in [6, 6.07) is 2.85. The lowest BCUT2D eigenvalue weighted by Gasteiger charge is -2.36. The molecule has 1 fully saturated rings. The lowest BCUT2D eigenvalue weighted by atomic mass is 9.79. The quantitative estimate of drug-likeness (QED) is 0.757. The van der Waals surface area contributed by atoms with Gasteiger partial charge in [-0.1, -0.05) is 19.3 Å². The standard InChI is InChI=1S/C13H20N4O2/c1-14-13(7-3-2-4-8-13)9-12(19)15-10-5-6-11(18)17-16-10/h5-6,14H,2-4,7-9H2,1H3,(H,17,18)(H,15,16,19). The van der Waals surface area contributed by atoms with E-state index in [9.17, 15) is 9.59 Å². The maximum Gasteiger partial charge on any atom is 0.264 e. The number of aromatic amines is 1. The van der Waals surface area contributed by atoms with Crippen LogP contribution in [0.5, 0.6) is 0 Å². The maximum absolute atomic E-state index is 12.0. The molecule has 6 heteroatoms. The Labute approximate surface area is 112 Å². The van der Waals surface area contributed by atoms with Crippen LogP contribution < -0.4 is 16.2 Å². The minimum atomic E-state index is -0.281. The summed E-state index contributed by atoms with van der Waals surface area (Å²) in [6.45, 7) is 0. The number of nitrogens with zero attached hydrogens (tertiary/aromatic N) is 1. The van der Waals surface area contributed by atoms with Gasteiger partial charge in [-0.15, -0.1) is 0 Å². The molecule has 104 valence electrons. The Morgan fingerprint density at radius 2 is 2.11 bits per heavy atom. The van der Waals surface area contributed by atoms with Crippen LogP contribution in [0.2, 0.25) is 0 Å². The Morgan fingerprint density at radius 1 is 1.37 bits per heavy atom. The fourth-order valence-corrected chi connectivity index (χ4v) is 2.65. The van der Waals surface area contributed by atoms with Gasteiger partial charge in [-0.2, -0.15) is 5.10 Å². The molecule has 6 nitrogen and oxygen atoms in total. The second kappa shape index (κ2) is 5.97. The summed E-state index contributed by atoms with van der Waals surface area (Å²) >= 11 is 0. The SMILES string of the molecule is CNC1(CC(=O)Nc2ccc(=O)[nH]n2)CCCCC1. The number of carbonyl (C=O) groups is 1. The third kappa shape index (κ3) is 3.64. The third-order valence-corrected chi connectivity index (χ3v) is 3.79. The van der Waals surface area contributed by atoms with Crippen molar-refractivity contribution in [3.05, 3.63) is 22.5 Å². The molecule has 0 bridgehead atoms. The molecule has 0 aliphatic heterocycles. The smallest absolute Gasteiger partial charge is 0.264 e. The summed E-state index contributed by atoms with van der Waals surface area (Å²) < 4.78 is 0. The van der Waals surface area contributed by atoms with Crippen molar-refractivity contribution in [3.8, 4) is 0 Å². The van der Waals surface area contributed by atoms with Crippen LogP contribution >= 0.6 is 0 Å². The highest BCUT2D eigenvalue weighted by molar-refractivity contribution is 5.90. The highest BCUT2D eigenvalue weighted by Gasteiger charge is 2.32. The van der Waals surface area contributed by atoms with Crippen molar-refractivity contribution in [2.24, 2.45) is 0 Å². The number of amides is 1. The topological polar surface area (TPSA) is 86.9 Å². The van der Waals surface area contributed by atoms with Gasteiger partial charge in [-0.25, -0.2) is 5.10 Å². The summed E-state index contributed by atoms with van der Waals surface area (Å²) in [5.41, 5.74) is -0.373. The van der Waals surface area contributed by atoms with E-state index in [1.165, 1.54) is 18.6 Å². The molecule has 0 spiro atoms. The first-order valence-electron chi connectivity index (χ1n) is 6.68. The van der Waals surface area contributed by atoms with E-state index >= 15 is 0 Å². The second-order valence-corrected chi connectivity index (χ2v) is 5.12. The number of hydrogen-bond donors (Lipinski definition) is 3. The molecule has 3 N–H and O–H groups in total. The van der Waals surface area contributed by atoms with E-state index in [0.29, 0.717) is 12.2 Å². The van der Waals surface area contributed by atoms with E-state index in [-0.39, 0.29) is 17.0 Å². The van der Waals surface area contributed by atoms with E-state index in [0.717, 1.165) is 25.7 Å². The van der Waals surface area contributed by atoms with Crippen molar-refractivity contribution >= 4 is 11.7 Å². The van der Waals surface area contributed by atoms with Gasteiger partial charge in [0.25, 0.3) is 5.56 Å². The van der Waals surface area contributed by atoms with Crippen molar-refractivity contribution in [3.63, 3.8) is 0 Å². The lowest BCUT2D eigenvalue weighted by molar-refractivity contribution is -0.118. The van der Waals surface area contributed by atoms with E-state index in [1.807, 2.05) is 7.05 Å². The van der Waals surface area contributed by atoms with Crippen LogP contribution in [0.4, 0.5) is 5.82 Å². The number of carbonyl (C=O) groups excluding carboxylic acids is 1. The molecule has 1 saturated carbocycles. The van der Waals surface area contributed by atoms with Crippen LogP contribution in [0, 0.1) is 0 Å². The summed E-state index contributed by atoms with van der Waals surface area (Å²) in [5, 5.41) is 12.1. The van der Waals surface area contributed by atoms with Gasteiger partial charge >= 0.3 is 0 Å². The van der Waals surface area contributed by atoms with Gasteiger partial charge in [-0.05, 0) is 26.0 Å². The highest BCUT2D eigenvalue weighted by Crippen LogP contribution is 2.30. The molecular weight excluding hydrogens is 244 g/mol. The summed E-state index contributed by atoms with van der Waals surface area (Å²) in [6.07, 6.45) is 6.04. The molecule has 1 heterocycles. The Bertz CT molecular complexity index is 471. The molecule has 1 aliphatic carbocycles. The van der Waals surface area contributed by atoms with E-state index < -0.39 is 0 Å². The van der Waals surface area contributed by atoms with Crippen LogP contribution in [0.15, 0.2) is 16.9 Å². The second-order valence-electron chi connectivity index (χ2n) is 5.12. The largest absolute Gasteiger partial charge is 0.314 e. The molecule has 1 aromatic rings. The summed E-state index contributed by atoms with van der Waals surface area (Å²) in [7, 11) is 1.91. The number of hydrogen-bond acceptors (Lipinski definition) is 4. The van der Waals surface area contributed by atoms with Gasteiger partial charge in [0.1, 0.15) is 0 Å². The third-order valence-electron chi connectivity index (χ3n) is 3.79. The maximum atomic E-state index is 12.0. The number of anilines is 1. The molecule has 1 amide bonds. The average Bonchev–Trinajstić information content (AvgIpc) is 2.42. The monoisotopic (exact) mass is 264 g/mol. The number of rotatable bonds is 4. The van der Waals surface area contributed by atoms with Crippen LogP contribution in [0.3, 0.4) is 0 Å². The van der Waals surface area contributed by atoms with E-state index in [4.69, 9.17) is 0 Å². The highest BCUT2D eigenvalue weighted by atomic mass is 16.2. The van der Waals surface area contributed by atoms with Crippen molar-refractivity contribution < 1.29 is 4.79 Å². The zero-order valence-corrected chi connectivity index (χ0v) is 11.2. The van der Waals surface area contributed by atoms with Gasteiger partial charge in [-0.3, -0.25) is 9.59 Å². The number of H-pyrrole nitrogens is 1.